The zero-order chi connectivity index (χ0) is 23.4. The van der Waals surface area contributed by atoms with Gasteiger partial charge < -0.3 is 14.9 Å². The number of rotatable bonds is 4. The lowest BCUT2D eigenvalue weighted by atomic mass is 9.60. The molecule has 3 atom stereocenters. The Morgan fingerprint density at radius 2 is 1.85 bits per heavy atom. The van der Waals surface area contributed by atoms with Crippen molar-refractivity contribution in [2.24, 2.45) is 11.3 Å². The molecular formula is C28H26O5. The van der Waals surface area contributed by atoms with Gasteiger partial charge in [0.25, 0.3) is 0 Å². The van der Waals surface area contributed by atoms with E-state index in [1.807, 2.05) is 50.3 Å². The first kappa shape index (κ1) is 21.6. The average molecular weight is 443 g/mol. The Labute approximate surface area is 192 Å². The van der Waals surface area contributed by atoms with E-state index in [0.29, 0.717) is 24.2 Å². The minimum Gasteiger partial charge on any atom is -0.423 e. The normalized spacial score (nSPS) is 25.8. The Morgan fingerprint density at radius 1 is 1.09 bits per heavy atom. The van der Waals surface area contributed by atoms with Gasteiger partial charge in [0.05, 0.1) is 5.56 Å². The molecular weight excluding hydrogens is 416 g/mol. The van der Waals surface area contributed by atoms with Crippen molar-refractivity contribution in [1.82, 2.24) is 0 Å². The first-order valence-corrected chi connectivity index (χ1v) is 11.2. The van der Waals surface area contributed by atoms with Crippen LogP contribution in [-0.4, -0.2) is 34.2 Å². The van der Waals surface area contributed by atoms with Crippen LogP contribution in [0.4, 0.5) is 0 Å². The fraction of sp³-hybridized carbons (Fsp3) is 0.286. The van der Waals surface area contributed by atoms with Crippen molar-refractivity contribution < 1.29 is 24.5 Å². The molecule has 3 aromatic carbocycles. The molecule has 3 aromatic rings. The number of carbonyl (C=O) groups is 2. The lowest BCUT2D eigenvalue weighted by Crippen LogP contribution is -2.56. The van der Waals surface area contributed by atoms with Gasteiger partial charge in [-0.05, 0) is 64.6 Å². The summed E-state index contributed by atoms with van der Waals surface area (Å²) in [4.78, 5) is 25.0. The van der Waals surface area contributed by atoms with Crippen LogP contribution in [0.25, 0.3) is 16.3 Å². The molecule has 0 bridgehead atoms. The van der Waals surface area contributed by atoms with Gasteiger partial charge in [0, 0.05) is 11.3 Å². The highest BCUT2D eigenvalue weighted by atomic mass is 16.5. The SMILES string of the molecule is C[C@@H]1C=C2c3ccc4cc(OC(=O)c5ccccc5)ccc4c3CC[C@]2(C)[C@@]1(O)C(=O)CO. The zero-order valence-electron chi connectivity index (χ0n) is 18.7. The summed E-state index contributed by atoms with van der Waals surface area (Å²) >= 11 is 0. The van der Waals surface area contributed by atoms with E-state index in [4.69, 9.17) is 4.74 Å². The number of aliphatic hydroxyl groups is 2. The molecule has 0 saturated heterocycles. The predicted octanol–water partition coefficient (Wildman–Crippen LogP) is 4.34. The summed E-state index contributed by atoms with van der Waals surface area (Å²) in [5, 5.41) is 23.0. The van der Waals surface area contributed by atoms with Crippen LogP contribution in [0.1, 0.15) is 41.8 Å². The van der Waals surface area contributed by atoms with Gasteiger partial charge in [-0.2, -0.15) is 0 Å². The van der Waals surface area contributed by atoms with Crippen molar-refractivity contribution in [3.05, 3.63) is 83.4 Å². The Morgan fingerprint density at radius 3 is 2.58 bits per heavy atom. The molecule has 0 unspecified atom stereocenters. The minimum atomic E-state index is -1.61. The number of fused-ring (bicyclic) bond motifs is 5. The van der Waals surface area contributed by atoms with E-state index < -0.39 is 35.3 Å². The Kier molecular flexibility index (Phi) is 5.00. The van der Waals surface area contributed by atoms with Gasteiger partial charge in [0.15, 0.2) is 5.78 Å². The van der Waals surface area contributed by atoms with E-state index in [-0.39, 0.29) is 0 Å². The maximum Gasteiger partial charge on any atom is 0.343 e. The molecule has 0 saturated carbocycles. The van der Waals surface area contributed by atoms with Crippen LogP contribution in [0.15, 0.2) is 66.7 Å². The number of aliphatic hydroxyl groups excluding tert-OH is 1. The quantitative estimate of drug-likeness (QED) is 0.464. The van der Waals surface area contributed by atoms with Gasteiger partial charge in [0.2, 0.25) is 0 Å². The highest BCUT2D eigenvalue weighted by molar-refractivity contribution is 5.99. The first-order valence-electron chi connectivity index (χ1n) is 11.2. The van der Waals surface area contributed by atoms with Crippen LogP contribution >= 0.6 is 0 Å². The molecule has 0 radical (unpaired) electrons. The van der Waals surface area contributed by atoms with Crippen LogP contribution < -0.4 is 4.74 Å². The summed E-state index contributed by atoms with van der Waals surface area (Å²) in [5.41, 5.74) is 1.28. The highest BCUT2D eigenvalue weighted by Gasteiger charge is 2.61. The van der Waals surface area contributed by atoms with Crippen molar-refractivity contribution in [1.29, 1.82) is 0 Å². The molecule has 5 rings (SSSR count). The third-order valence-corrected chi connectivity index (χ3v) is 7.57. The lowest BCUT2D eigenvalue weighted by molar-refractivity contribution is -0.155. The van der Waals surface area contributed by atoms with E-state index in [1.54, 1.807) is 30.3 Å². The molecule has 0 spiro atoms. The Balaban J connectivity index is 1.52. The summed E-state index contributed by atoms with van der Waals surface area (Å²) in [6.07, 6.45) is 3.27. The number of benzene rings is 3. The van der Waals surface area contributed by atoms with E-state index in [9.17, 15) is 19.8 Å². The summed E-state index contributed by atoms with van der Waals surface area (Å²) in [6, 6.07) is 18.5. The Hall–Kier alpha value is -3.28. The van der Waals surface area contributed by atoms with E-state index >= 15 is 0 Å². The summed E-state index contributed by atoms with van der Waals surface area (Å²) in [7, 11) is 0. The van der Waals surface area contributed by atoms with Gasteiger partial charge in [-0.15, -0.1) is 0 Å². The molecule has 2 aliphatic carbocycles. The lowest BCUT2D eigenvalue weighted by Gasteiger charge is -2.45. The first-order chi connectivity index (χ1) is 15.8. The molecule has 0 aromatic heterocycles. The molecule has 168 valence electrons. The minimum absolute atomic E-state index is 0.390. The number of carbonyl (C=O) groups excluding carboxylic acids is 2. The molecule has 2 aliphatic rings. The Bertz CT molecular complexity index is 1310. The number of ketones is 1. The average Bonchev–Trinajstić information content (AvgIpc) is 3.05. The third-order valence-electron chi connectivity index (χ3n) is 7.57. The summed E-state index contributed by atoms with van der Waals surface area (Å²) < 4.78 is 5.57. The third kappa shape index (κ3) is 3.07. The molecule has 33 heavy (non-hydrogen) atoms. The van der Waals surface area contributed by atoms with Crippen molar-refractivity contribution in [3.8, 4) is 5.75 Å². The number of hydrogen-bond donors (Lipinski definition) is 2. The molecule has 2 N–H and O–H groups in total. The van der Waals surface area contributed by atoms with Crippen LogP contribution in [0, 0.1) is 11.3 Å². The van der Waals surface area contributed by atoms with Gasteiger partial charge in [0.1, 0.15) is 18.0 Å². The maximum absolute atomic E-state index is 12.6. The van der Waals surface area contributed by atoms with Crippen molar-refractivity contribution in [2.45, 2.75) is 32.3 Å². The van der Waals surface area contributed by atoms with Gasteiger partial charge in [-0.1, -0.05) is 56.3 Å². The largest absolute Gasteiger partial charge is 0.423 e. The monoisotopic (exact) mass is 442 g/mol. The number of hydrogen-bond acceptors (Lipinski definition) is 5. The molecule has 0 aliphatic heterocycles. The molecule has 5 heteroatoms. The summed E-state index contributed by atoms with van der Waals surface area (Å²) in [5.74, 6) is -0.841. The van der Waals surface area contributed by atoms with E-state index in [2.05, 4.69) is 0 Å². The van der Waals surface area contributed by atoms with Gasteiger partial charge in [-0.3, -0.25) is 4.79 Å². The van der Waals surface area contributed by atoms with Gasteiger partial charge in [-0.25, -0.2) is 4.79 Å². The van der Waals surface area contributed by atoms with Crippen LogP contribution in [0.5, 0.6) is 5.75 Å². The van der Waals surface area contributed by atoms with Crippen molar-refractivity contribution in [2.75, 3.05) is 6.61 Å². The second kappa shape index (κ2) is 7.65. The number of esters is 1. The standard InChI is InChI=1S/C28H26O5/c1-17-14-24-23-10-8-19-15-20(33-26(31)18-6-4-3-5-7-18)9-11-21(19)22(23)12-13-27(24,2)28(17,32)25(30)16-29/h3-11,14-15,17,29,32H,12-13,16H2,1-2H3/t17-,27+,28+/m1/s1. The second-order valence-corrected chi connectivity index (χ2v) is 9.28. The van der Waals surface area contributed by atoms with E-state index in [1.165, 1.54) is 0 Å². The number of aryl methyl sites for hydroxylation is 1. The predicted molar refractivity (Wildman–Crippen MR) is 126 cm³/mol. The van der Waals surface area contributed by atoms with Crippen LogP contribution in [0.2, 0.25) is 0 Å². The molecule has 0 amide bonds. The topological polar surface area (TPSA) is 83.8 Å². The highest BCUT2D eigenvalue weighted by Crippen LogP contribution is 2.59. The van der Waals surface area contributed by atoms with Crippen LogP contribution in [0.3, 0.4) is 0 Å². The van der Waals surface area contributed by atoms with Crippen molar-refractivity contribution in [3.63, 3.8) is 0 Å². The number of ether oxygens (including phenoxy) is 1. The molecule has 0 heterocycles. The smallest absolute Gasteiger partial charge is 0.343 e. The molecule has 5 nitrogen and oxygen atoms in total. The summed E-state index contributed by atoms with van der Waals surface area (Å²) in [6.45, 7) is 3.08. The van der Waals surface area contributed by atoms with E-state index in [0.717, 1.165) is 27.5 Å². The number of Topliss-reactive ketones (excluding diaryl/α,β-unsaturated/α-hetero) is 1. The zero-order valence-corrected chi connectivity index (χ0v) is 18.7. The van der Waals surface area contributed by atoms with Crippen LogP contribution in [-0.2, 0) is 11.2 Å². The second-order valence-electron chi connectivity index (χ2n) is 9.28. The van der Waals surface area contributed by atoms with Crippen molar-refractivity contribution >= 4 is 28.1 Å². The molecule has 0 fully saturated rings. The fourth-order valence-corrected chi connectivity index (χ4v) is 5.73. The fourth-order valence-electron chi connectivity index (χ4n) is 5.73. The van der Waals surface area contributed by atoms with Gasteiger partial charge >= 0.3 is 5.97 Å². The maximum atomic E-state index is 12.6.